The summed E-state index contributed by atoms with van der Waals surface area (Å²) >= 11 is 0. The summed E-state index contributed by atoms with van der Waals surface area (Å²) in [4.78, 5) is 0. The van der Waals surface area contributed by atoms with Gasteiger partial charge >= 0.3 is 0 Å². The molecule has 0 amide bonds. The number of rotatable bonds is 6. The third kappa shape index (κ3) is 4.68. The zero-order chi connectivity index (χ0) is 20.8. The monoisotopic (exact) mass is 386 g/mol. The third-order valence-corrected chi connectivity index (χ3v) is 4.61. The summed E-state index contributed by atoms with van der Waals surface area (Å²) in [5, 5.41) is 40.3. The quantitative estimate of drug-likeness (QED) is 0.311. The number of aliphatic hydroxyl groups excluding tert-OH is 2. The van der Waals surface area contributed by atoms with Crippen molar-refractivity contribution in [2.75, 3.05) is 0 Å². The molecule has 29 heavy (non-hydrogen) atoms. The van der Waals surface area contributed by atoms with E-state index >= 15 is 0 Å². The molecular formula is C25H22O4. The molecule has 0 aliphatic rings. The average Bonchev–Trinajstić information content (AvgIpc) is 2.74. The lowest BCUT2D eigenvalue weighted by Crippen LogP contribution is -2.05. The first-order valence-corrected chi connectivity index (χ1v) is 9.09. The minimum absolute atomic E-state index is 0.0721. The highest BCUT2D eigenvalue weighted by atomic mass is 16.3. The second-order valence-electron chi connectivity index (χ2n) is 6.55. The minimum Gasteiger partial charge on any atom is -0.511 e. The predicted molar refractivity (Wildman–Crippen MR) is 115 cm³/mol. The van der Waals surface area contributed by atoms with Gasteiger partial charge in [0.2, 0.25) is 0 Å². The molecule has 4 heteroatoms. The fourth-order valence-corrected chi connectivity index (χ4v) is 3.12. The van der Waals surface area contributed by atoms with E-state index in [2.05, 4.69) is 6.58 Å². The lowest BCUT2D eigenvalue weighted by Gasteiger charge is -2.19. The van der Waals surface area contributed by atoms with Crippen molar-refractivity contribution in [1.29, 1.82) is 0 Å². The predicted octanol–water partition coefficient (Wildman–Crippen LogP) is 5.97. The van der Waals surface area contributed by atoms with Gasteiger partial charge in [0.05, 0.1) is 5.92 Å². The van der Waals surface area contributed by atoms with Crippen LogP contribution in [0.5, 0.6) is 11.5 Å². The number of hydrogen-bond donors (Lipinski definition) is 4. The van der Waals surface area contributed by atoms with Crippen LogP contribution in [0, 0.1) is 0 Å². The van der Waals surface area contributed by atoms with Gasteiger partial charge in [0.25, 0.3) is 0 Å². The Bertz CT molecular complexity index is 1050. The maximum atomic E-state index is 10.7. The summed E-state index contributed by atoms with van der Waals surface area (Å²) in [6.07, 6.45) is 3.94. The molecule has 3 aromatic carbocycles. The lowest BCUT2D eigenvalue weighted by atomic mass is 9.87. The normalized spacial score (nSPS) is 13.1. The minimum atomic E-state index is -0.686. The number of allylic oxidation sites excluding steroid dienone is 4. The van der Waals surface area contributed by atoms with E-state index in [4.69, 9.17) is 0 Å². The Hall–Kier alpha value is -3.92. The first-order valence-electron chi connectivity index (χ1n) is 9.09. The van der Waals surface area contributed by atoms with Crippen LogP contribution in [0.15, 0.2) is 109 Å². The van der Waals surface area contributed by atoms with Gasteiger partial charge in [0.15, 0.2) is 0 Å². The molecule has 4 nitrogen and oxygen atoms in total. The zero-order valence-corrected chi connectivity index (χ0v) is 15.7. The first-order chi connectivity index (χ1) is 14.0. The van der Waals surface area contributed by atoms with E-state index in [1.54, 1.807) is 6.07 Å². The van der Waals surface area contributed by atoms with Crippen LogP contribution in [0.25, 0.3) is 11.1 Å². The second-order valence-corrected chi connectivity index (χ2v) is 6.55. The van der Waals surface area contributed by atoms with Crippen molar-refractivity contribution in [3.63, 3.8) is 0 Å². The molecule has 0 fully saturated rings. The number of benzene rings is 3. The van der Waals surface area contributed by atoms with Crippen LogP contribution in [0.4, 0.5) is 0 Å². The molecule has 0 aliphatic heterocycles. The number of phenols is 2. The highest BCUT2D eigenvalue weighted by Crippen LogP contribution is 2.38. The van der Waals surface area contributed by atoms with Gasteiger partial charge < -0.3 is 20.4 Å². The summed E-state index contributed by atoms with van der Waals surface area (Å²) in [7, 11) is 0. The van der Waals surface area contributed by atoms with Crippen LogP contribution >= 0.6 is 0 Å². The number of aromatic hydroxyl groups is 2. The molecule has 3 rings (SSSR count). The van der Waals surface area contributed by atoms with E-state index in [-0.39, 0.29) is 23.0 Å². The van der Waals surface area contributed by atoms with Gasteiger partial charge in [-0.2, -0.15) is 0 Å². The number of phenolic OH excluding ortho intramolecular Hbond substituents is 2. The average molecular weight is 386 g/mol. The Balaban J connectivity index is 2.06. The summed E-state index contributed by atoms with van der Waals surface area (Å²) in [5.41, 5.74) is 3.26. The number of aliphatic hydroxyl groups is 2. The fourth-order valence-electron chi connectivity index (χ4n) is 3.12. The second kappa shape index (κ2) is 8.85. The van der Waals surface area contributed by atoms with Crippen molar-refractivity contribution in [2.45, 2.75) is 5.92 Å². The molecule has 0 saturated heterocycles. The molecule has 4 N–H and O–H groups in total. The Morgan fingerprint density at radius 1 is 0.793 bits per heavy atom. The van der Waals surface area contributed by atoms with E-state index in [0.29, 0.717) is 5.56 Å². The number of hydrogen-bond acceptors (Lipinski definition) is 4. The van der Waals surface area contributed by atoms with Gasteiger partial charge in [-0.1, -0.05) is 67.2 Å². The molecule has 0 bridgehead atoms. The van der Waals surface area contributed by atoms with E-state index in [9.17, 15) is 20.4 Å². The van der Waals surface area contributed by atoms with Crippen LogP contribution in [-0.2, 0) is 0 Å². The Morgan fingerprint density at radius 3 is 2.07 bits per heavy atom. The zero-order valence-electron chi connectivity index (χ0n) is 15.7. The molecule has 1 unspecified atom stereocenters. The molecule has 1 atom stereocenters. The first kappa shape index (κ1) is 19.8. The highest BCUT2D eigenvalue weighted by Gasteiger charge is 2.22. The molecule has 3 aromatic rings. The maximum Gasteiger partial charge on any atom is 0.123 e. The Morgan fingerprint density at radius 2 is 1.45 bits per heavy atom. The molecule has 0 radical (unpaired) electrons. The third-order valence-electron chi connectivity index (χ3n) is 4.61. The van der Waals surface area contributed by atoms with E-state index in [1.807, 2.05) is 54.6 Å². The molecule has 146 valence electrons. The van der Waals surface area contributed by atoms with E-state index in [1.165, 1.54) is 30.4 Å². The Labute approximate surface area is 169 Å². The van der Waals surface area contributed by atoms with Gasteiger partial charge in [-0.15, -0.1) is 0 Å². The van der Waals surface area contributed by atoms with Crippen molar-refractivity contribution < 1.29 is 20.4 Å². The summed E-state index contributed by atoms with van der Waals surface area (Å²) in [6, 6.07) is 21.8. The van der Waals surface area contributed by atoms with Gasteiger partial charge in [0.1, 0.15) is 23.0 Å². The standard InChI is InChI=1S/C25H22O4/c1-2-20(26)13-15-23(28)25(22-14-12-21(27)16-24(22)29)19-10-8-18(9-11-19)17-6-4-3-5-7-17/h2-16,25-29H,1H2/b20-13+,23-15-. The van der Waals surface area contributed by atoms with Gasteiger partial charge in [-0.25, -0.2) is 0 Å². The van der Waals surface area contributed by atoms with Crippen LogP contribution in [0.1, 0.15) is 17.0 Å². The molecule has 0 heterocycles. The van der Waals surface area contributed by atoms with Crippen LogP contribution in [0.3, 0.4) is 0 Å². The highest BCUT2D eigenvalue weighted by molar-refractivity contribution is 5.64. The molecular weight excluding hydrogens is 364 g/mol. The van der Waals surface area contributed by atoms with E-state index < -0.39 is 5.92 Å². The molecule has 0 aliphatic carbocycles. The van der Waals surface area contributed by atoms with Crippen molar-refractivity contribution in [3.05, 3.63) is 120 Å². The summed E-state index contributed by atoms with van der Waals surface area (Å²) in [6.45, 7) is 3.47. The van der Waals surface area contributed by atoms with Crippen molar-refractivity contribution in [2.24, 2.45) is 0 Å². The lowest BCUT2D eigenvalue weighted by molar-refractivity contribution is 0.374. The van der Waals surface area contributed by atoms with E-state index in [0.717, 1.165) is 16.7 Å². The largest absolute Gasteiger partial charge is 0.511 e. The van der Waals surface area contributed by atoms with Crippen molar-refractivity contribution in [3.8, 4) is 22.6 Å². The maximum absolute atomic E-state index is 10.7. The molecule has 0 spiro atoms. The fraction of sp³-hybridized carbons (Fsp3) is 0.0400. The van der Waals surface area contributed by atoms with Crippen molar-refractivity contribution >= 4 is 0 Å². The summed E-state index contributed by atoms with van der Waals surface area (Å²) < 4.78 is 0. The van der Waals surface area contributed by atoms with Gasteiger partial charge in [-0.3, -0.25) is 0 Å². The van der Waals surface area contributed by atoms with Crippen LogP contribution < -0.4 is 0 Å². The van der Waals surface area contributed by atoms with Crippen molar-refractivity contribution in [1.82, 2.24) is 0 Å². The summed E-state index contributed by atoms with van der Waals surface area (Å²) in [5.74, 6) is -1.07. The SMILES string of the molecule is C=C/C(O)=C\C=C(/O)C(c1ccc(-c2ccccc2)cc1)c1ccc(O)cc1O. The van der Waals surface area contributed by atoms with Crippen LogP contribution in [0.2, 0.25) is 0 Å². The molecule has 0 saturated carbocycles. The topological polar surface area (TPSA) is 80.9 Å². The van der Waals surface area contributed by atoms with Crippen LogP contribution in [-0.4, -0.2) is 20.4 Å². The van der Waals surface area contributed by atoms with Gasteiger partial charge in [-0.05, 0) is 41.0 Å². The molecule has 0 aromatic heterocycles. The smallest absolute Gasteiger partial charge is 0.123 e. The Kier molecular flexibility index (Phi) is 6.05. The van der Waals surface area contributed by atoms with Gasteiger partial charge in [0, 0.05) is 11.6 Å².